The summed E-state index contributed by atoms with van der Waals surface area (Å²) in [4.78, 5) is 24.5. The number of halogens is 1. The van der Waals surface area contributed by atoms with E-state index in [9.17, 15) is 4.79 Å². The van der Waals surface area contributed by atoms with E-state index in [1.54, 1.807) is 11.3 Å². The van der Waals surface area contributed by atoms with Gasteiger partial charge in [0.05, 0.1) is 37.9 Å². The summed E-state index contributed by atoms with van der Waals surface area (Å²) in [6, 6.07) is 13.8. The lowest BCUT2D eigenvalue weighted by Crippen LogP contribution is -2.49. The highest BCUT2D eigenvalue weighted by Crippen LogP contribution is 2.32. The van der Waals surface area contributed by atoms with Crippen LogP contribution in [0.4, 0.5) is 5.69 Å². The molecule has 0 aliphatic carbocycles. The molecule has 4 aromatic rings. The highest BCUT2D eigenvalue weighted by molar-refractivity contribution is 7.15. The fraction of sp³-hybridized carbons (Fsp3) is 0.261. The second kappa shape index (κ2) is 7.98. The van der Waals surface area contributed by atoms with Crippen molar-refractivity contribution < 1.29 is 9.32 Å². The molecular weight excluding hydrogens is 432 g/mol. The van der Waals surface area contributed by atoms with Crippen LogP contribution in [0.5, 0.6) is 0 Å². The van der Waals surface area contributed by atoms with Crippen molar-refractivity contribution in [3.8, 4) is 10.6 Å². The molecule has 8 heteroatoms. The third kappa shape index (κ3) is 3.68. The molecule has 0 atom stereocenters. The number of hydrogen-bond acceptors (Lipinski definition) is 6. The van der Waals surface area contributed by atoms with Gasteiger partial charge in [-0.05, 0) is 44.2 Å². The number of aryl methyl sites for hydroxylation is 2. The maximum atomic E-state index is 13.6. The number of benzene rings is 1. The van der Waals surface area contributed by atoms with Crippen molar-refractivity contribution in [2.24, 2.45) is 0 Å². The van der Waals surface area contributed by atoms with Gasteiger partial charge in [-0.3, -0.25) is 4.79 Å². The van der Waals surface area contributed by atoms with Gasteiger partial charge in [0.15, 0.2) is 0 Å². The summed E-state index contributed by atoms with van der Waals surface area (Å²) in [5, 5.41) is 5.48. The third-order valence-corrected chi connectivity index (χ3v) is 6.94. The van der Waals surface area contributed by atoms with E-state index in [1.165, 1.54) is 4.88 Å². The predicted molar refractivity (Wildman–Crippen MR) is 124 cm³/mol. The van der Waals surface area contributed by atoms with E-state index in [-0.39, 0.29) is 5.91 Å². The van der Waals surface area contributed by atoms with Crippen molar-refractivity contribution in [2.75, 3.05) is 31.1 Å². The first kappa shape index (κ1) is 20.0. The Morgan fingerprint density at radius 2 is 1.87 bits per heavy atom. The fourth-order valence-electron chi connectivity index (χ4n) is 3.99. The third-order valence-electron chi connectivity index (χ3n) is 5.60. The Morgan fingerprint density at radius 1 is 1.10 bits per heavy atom. The minimum absolute atomic E-state index is 0.0213. The van der Waals surface area contributed by atoms with Gasteiger partial charge in [0.2, 0.25) is 0 Å². The van der Waals surface area contributed by atoms with Gasteiger partial charge in [-0.1, -0.05) is 28.9 Å². The topological polar surface area (TPSA) is 62.5 Å². The molecule has 1 aliphatic heterocycles. The summed E-state index contributed by atoms with van der Waals surface area (Å²) in [5.74, 6) is -0.0213. The van der Waals surface area contributed by atoms with Crippen LogP contribution < -0.4 is 4.90 Å². The van der Waals surface area contributed by atoms with Crippen molar-refractivity contribution in [3.63, 3.8) is 0 Å². The first-order chi connectivity index (χ1) is 15.0. The van der Waals surface area contributed by atoms with Crippen LogP contribution in [0.3, 0.4) is 0 Å². The molecule has 1 saturated heterocycles. The Labute approximate surface area is 189 Å². The number of hydrogen-bond donors (Lipinski definition) is 0. The lowest BCUT2D eigenvalue weighted by molar-refractivity contribution is 0.0748. The Bertz CT molecular complexity index is 1270. The first-order valence-electron chi connectivity index (χ1n) is 10.1. The number of carbonyl (C=O) groups is 1. The molecule has 1 amide bonds. The van der Waals surface area contributed by atoms with Gasteiger partial charge in [-0.15, -0.1) is 11.3 Å². The van der Waals surface area contributed by atoms with E-state index in [0.29, 0.717) is 35.4 Å². The molecule has 31 heavy (non-hydrogen) atoms. The van der Waals surface area contributed by atoms with Crippen molar-refractivity contribution in [1.82, 2.24) is 15.0 Å². The zero-order valence-electron chi connectivity index (χ0n) is 17.3. The zero-order valence-corrected chi connectivity index (χ0v) is 18.8. The molecule has 3 aromatic heterocycles. The smallest absolute Gasteiger partial charge is 0.259 e. The van der Waals surface area contributed by atoms with Crippen LogP contribution in [0.1, 0.15) is 20.9 Å². The number of rotatable bonds is 3. The molecule has 5 rings (SSSR count). The molecule has 0 N–H and O–H groups in total. The summed E-state index contributed by atoms with van der Waals surface area (Å²) in [6.45, 7) is 6.58. The van der Waals surface area contributed by atoms with E-state index in [2.05, 4.69) is 22.0 Å². The molecule has 1 fully saturated rings. The summed E-state index contributed by atoms with van der Waals surface area (Å²) in [5.41, 5.74) is 3.41. The van der Waals surface area contributed by atoms with Crippen LogP contribution in [0.15, 0.2) is 47.0 Å². The largest absolute Gasteiger partial charge is 0.367 e. The summed E-state index contributed by atoms with van der Waals surface area (Å²) >= 11 is 8.00. The second-order valence-electron chi connectivity index (χ2n) is 7.64. The number of para-hydroxylation sites is 1. The number of thiophene rings is 1. The van der Waals surface area contributed by atoms with E-state index >= 15 is 0 Å². The molecular formula is C23H21ClN4O2S. The van der Waals surface area contributed by atoms with Crippen LogP contribution in [-0.2, 0) is 0 Å². The predicted octanol–water partition coefficient (Wildman–Crippen LogP) is 5.18. The number of nitrogens with zero attached hydrogens (tertiary/aromatic N) is 4. The Balaban J connectivity index is 1.45. The molecule has 4 heterocycles. The average molecular weight is 453 g/mol. The van der Waals surface area contributed by atoms with Crippen LogP contribution in [0, 0.1) is 13.8 Å². The van der Waals surface area contributed by atoms with Crippen LogP contribution in [0.25, 0.3) is 21.7 Å². The number of pyridine rings is 1. The summed E-state index contributed by atoms with van der Waals surface area (Å²) < 4.78 is 5.43. The molecule has 0 saturated carbocycles. The van der Waals surface area contributed by atoms with Gasteiger partial charge < -0.3 is 14.3 Å². The van der Waals surface area contributed by atoms with E-state index in [0.717, 1.165) is 34.4 Å². The average Bonchev–Trinajstić information content (AvgIpc) is 3.39. The van der Waals surface area contributed by atoms with Crippen LogP contribution >= 0.6 is 22.9 Å². The standard InChI is InChI=1S/C23H21ClN4O2S/c1-14-7-8-20(31-14)18-13-16(21-15(2)26-30-22(21)25-18)23(29)28-11-9-27(10-12-28)19-6-4-3-5-17(19)24/h3-8,13H,9-12H2,1-2H3. The van der Waals surface area contributed by atoms with Gasteiger partial charge in [-0.2, -0.15) is 0 Å². The van der Waals surface area contributed by atoms with Gasteiger partial charge in [0, 0.05) is 31.1 Å². The molecule has 1 aliphatic rings. The zero-order chi connectivity index (χ0) is 21.5. The summed E-state index contributed by atoms with van der Waals surface area (Å²) in [6.07, 6.45) is 0. The number of fused-ring (bicyclic) bond motifs is 1. The van der Waals surface area contributed by atoms with Gasteiger partial charge in [0.1, 0.15) is 0 Å². The molecule has 0 unspecified atom stereocenters. The normalized spacial score (nSPS) is 14.4. The van der Waals surface area contributed by atoms with Crippen molar-refractivity contribution in [3.05, 3.63) is 63.6 Å². The minimum atomic E-state index is -0.0213. The molecule has 158 valence electrons. The number of piperazine rings is 1. The number of amides is 1. The molecule has 0 bridgehead atoms. The van der Waals surface area contributed by atoms with Gasteiger partial charge in [0.25, 0.3) is 11.6 Å². The van der Waals surface area contributed by atoms with Crippen LogP contribution in [-0.4, -0.2) is 47.1 Å². The lowest BCUT2D eigenvalue weighted by Gasteiger charge is -2.36. The molecule has 0 spiro atoms. The highest BCUT2D eigenvalue weighted by atomic mass is 35.5. The van der Waals surface area contributed by atoms with E-state index < -0.39 is 0 Å². The molecule has 6 nitrogen and oxygen atoms in total. The quantitative estimate of drug-likeness (QED) is 0.428. The Kier molecular flexibility index (Phi) is 5.16. The maximum absolute atomic E-state index is 13.6. The number of aromatic nitrogens is 2. The fourth-order valence-corrected chi connectivity index (χ4v) is 5.07. The minimum Gasteiger partial charge on any atom is -0.367 e. The first-order valence-corrected chi connectivity index (χ1v) is 11.3. The van der Waals surface area contributed by atoms with Crippen LogP contribution in [0.2, 0.25) is 5.02 Å². The van der Waals surface area contributed by atoms with Gasteiger partial charge >= 0.3 is 0 Å². The van der Waals surface area contributed by atoms with Crippen molar-refractivity contribution in [2.45, 2.75) is 13.8 Å². The number of anilines is 1. The SMILES string of the molecule is Cc1ccc(-c2cc(C(=O)N3CCN(c4ccccc4Cl)CC3)c3c(C)noc3n2)s1. The van der Waals surface area contributed by atoms with Gasteiger partial charge in [-0.25, -0.2) is 4.98 Å². The second-order valence-corrected chi connectivity index (χ2v) is 9.34. The molecule has 1 aromatic carbocycles. The Morgan fingerprint density at radius 3 is 2.58 bits per heavy atom. The van der Waals surface area contributed by atoms with E-state index in [1.807, 2.05) is 54.3 Å². The van der Waals surface area contributed by atoms with Crippen molar-refractivity contribution >= 4 is 45.6 Å². The Hall–Kier alpha value is -2.90. The van der Waals surface area contributed by atoms with Crippen molar-refractivity contribution in [1.29, 1.82) is 0 Å². The monoisotopic (exact) mass is 452 g/mol. The highest BCUT2D eigenvalue weighted by Gasteiger charge is 2.27. The summed E-state index contributed by atoms with van der Waals surface area (Å²) in [7, 11) is 0. The molecule has 0 radical (unpaired) electrons. The van der Waals surface area contributed by atoms with E-state index in [4.69, 9.17) is 16.1 Å². The number of carbonyl (C=O) groups excluding carboxylic acids is 1. The lowest BCUT2D eigenvalue weighted by atomic mass is 10.1. The maximum Gasteiger partial charge on any atom is 0.259 e.